The van der Waals surface area contributed by atoms with Crippen molar-refractivity contribution in [2.45, 2.75) is 51.6 Å². The highest BCUT2D eigenvalue weighted by atomic mass is 16.5. The molecule has 0 radical (unpaired) electrons. The Morgan fingerprint density at radius 3 is 2.75 bits per heavy atom. The van der Waals surface area contributed by atoms with Gasteiger partial charge in [0.1, 0.15) is 12.4 Å². The van der Waals surface area contributed by atoms with Crippen molar-refractivity contribution in [3.63, 3.8) is 0 Å². The molecule has 154 valence electrons. The van der Waals surface area contributed by atoms with Gasteiger partial charge in [-0.3, -0.25) is 9.59 Å². The molecule has 3 rings (SSSR count). The minimum Gasteiger partial charge on any atom is -0.481 e. The number of carbonyl (C=O) groups excluding carboxylic acids is 2. The molecule has 6 nitrogen and oxygen atoms in total. The van der Waals surface area contributed by atoms with Gasteiger partial charge in [0.2, 0.25) is 5.91 Å². The van der Waals surface area contributed by atoms with Crippen molar-refractivity contribution >= 4 is 11.8 Å². The minimum absolute atomic E-state index is 0.0492. The van der Waals surface area contributed by atoms with E-state index in [0.717, 1.165) is 62.9 Å². The molecule has 0 aromatic heterocycles. The molecule has 6 heteroatoms. The number of piperidine rings is 1. The van der Waals surface area contributed by atoms with Crippen molar-refractivity contribution in [1.29, 1.82) is 0 Å². The van der Waals surface area contributed by atoms with Crippen LogP contribution in [0, 0.1) is 5.41 Å². The third-order valence-corrected chi connectivity index (χ3v) is 6.13. The van der Waals surface area contributed by atoms with Gasteiger partial charge in [0.05, 0.1) is 0 Å². The molecule has 1 N–H and O–H groups in total. The van der Waals surface area contributed by atoms with Gasteiger partial charge in [-0.15, -0.1) is 0 Å². The number of benzene rings is 1. The number of hydrogen-bond acceptors (Lipinski definition) is 4. The van der Waals surface area contributed by atoms with Gasteiger partial charge in [0.25, 0.3) is 5.91 Å². The number of aryl methyl sites for hydroxylation is 1. The van der Waals surface area contributed by atoms with Crippen LogP contribution in [0.15, 0.2) is 24.3 Å². The van der Waals surface area contributed by atoms with Gasteiger partial charge in [0, 0.05) is 26.7 Å². The van der Waals surface area contributed by atoms with E-state index >= 15 is 0 Å². The summed E-state index contributed by atoms with van der Waals surface area (Å²) in [6, 6.07) is 8.00. The SMILES string of the molecule is COCC(=O)N1CCC2(CCCCc3ccccc3O[C@H](C)C(=O)NC2)CC1. The van der Waals surface area contributed by atoms with Crippen molar-refractivity contribution in [2.24, 2.45) is 5.41 Å². The van der Waals surface area contributed by atoms with Crippen LogP contribution in [-0.2, 0) is 20.7 Å². The first-order chi connectivity index (χ1) is 13.5. The number of amides is 2. The molecule has 2 aliphatic rings. The number of nitrogens with one attached hydrogen (secondary N) is 1. The van der Waals surface area contributed by atoms with Crippen LogP contribution in [0.25, 0.3) is 0 Å². The third-order valence-electron chi connectivity index (χ3n) is 6.13. The molecule has 2 amide bonds. The number of fused-ring (bicyclic) bond motifs is 1. The number of nitrogens with zero attached hydrogens (tertiary/aromatic N) is 1. The fourth-order valence-electron chi connectivity index (χ4n) is 4.26. The maximum atomic E-state index is 12.6. The summed E-state index contributed by atoms with van der Waals surface area (Å²) in [5.41, 5.74) is 1.22. The van der Waals surface area contributed by atoms with Crippen LogP contribution in [0.5, 0.6) is 5.75 Å². The van der Waals surface area contributed by atoms with Gasteiger partial charge in [-0.05, 0) is 56.1 Å². The van der Waals surface area contributed by atoms with Crippen LogP contribution in [0.2, 0.25) is 0 Å². The normalized spacial score (nSPS) is 23.0. The summed E-state index contributed by atoms with van der Waals surface area (Å²) in [5, 5.41) is 3.12. The predicted octanol–water partition coefficient (Wildman–Crippen LogP) is 2.55. The summed E-state index contributed by atoms with van der Waals surface area (Å²) in [6.45, 7) is 4.04. The zero-order valence-electron chi connectivity index (χ0n) is 17.0. The summed E-state index contributed by atoms with van der Waals surface area (Å²) in [7, 11) is 1.55. The molecule has 28 heavy (non-hydrogen) atoms. The number of hydrogen-bond donors (Lipinski definition) is 1. The fraction of sp³-hybridized carbons (Fsp3) is 0.636. The summed E-state index contributed by atoms with van der Waals surface area (Å²) < 4.78 is 10.9. The first-order valence-corrected chi connectivity index (χ1v) is 10.3. The van der Waals surface area contributed by atoms with E-state index < -0.39 is 6.10 Å². The number of para-hydroxylation sites is 1. The number of rotatable bonds is 2. The molecule has 0 bridgehead atoms. The van der Waals surface area contributed by atoms with Crippen molar-refractivity contribution < 1.29 is 19.1 Å². The Labute approximate surface area is 167 Å². The highest BCUT2D eigenvalue weighted by Crippen LogP contribution is 2.37. The van der Waals surface area contributed by atoms with Gasteiger partial charge in [-0.1, -0.05) is 24.6 Å². The quantitative estimate of drug-likeness (QED) is 0.846. The summed E-state index contributed by atoms with van der Waals surface area (Å²) in [4.78, 5) is 26.6. The average molecular weight is 389 g/mol. The van der Waals surface area contributed by atoms with E-state index in [-0.39, 0.29) is 23.8 Å². The van der Waals surface area contributed by atoms with Crippen LogP contribution < -0.4 is 10.1 Å². The predicted molar refractivity (Wildman–Crippen MR) is 107 cm³/mol. The summed E-state index contributed by atoms with van der Waals surface area (Å²) in [5.74, 6) is 0.784. The van der Waals surface area contributed by atoms with Crippen molar-refractivity contribution in [1.82, 2.24) is 10.2 Å². The molecule has 0 unspecified atom stereocenters. The lowest BCUT2D eigenvalue weighted by atomic mass is 9.74. The lowest BCUT2D eigenvalue weighted by Gasteiger charge is -2.42. The van der Waals surface area contributed by atoms with E-state index in [1.54, 1.807) is 14.0 Å². The zero-order chi connectivity index (χ0) is 20.0. The molecule has 1 spiro atoms. The fourth-order valence-corrected chi connectivity index (χ4v) is 4.26. The second-order valence-electron chi connectivity index (χ2n) is 8.11. The Hall–Kier alpha value is -2.08. The molecule has 1 saturated heterocycles. The number of ether oxygens (including phenoxy) is 2. The molecule has 1 fully saturated rings. The molecule has 1 atom stereocenters. The third kappa shape index (κ3) is 5.04. The van der Waals surface area contributed by atoms with Crippen molar-refractivity contribution in [2.75, 3.05) is 33.4 Å². The highest BCUT2D eigenvalue weighted by Gasteiger charge is 2.36. The Kier molecular flexibility index (Phi) is 6.94. The maximum Gasteiger partial charge on any atom is 0.260 e. The summed E-state index contributed by atoms with van der Waals surface area (Å²) >= 11 is 0. The van der Waals surface area contributed by atoms with E-state index in [9.17, 15) is 9.59 Å². The maximum absolute atomic E-state index is 12.6. The first kappa shape index (κ1) is 20.6. The van der Waals surface area contributed by atoms with Crippen LogP contribution in [0.1, 0.15) is 44.6 Å². The lowest BCUT2D eigenvalue weighted by Crippen LogP contribution is -2.50. The second-order valence-corrected chi connectivity index (χ2v) is 8.11. The van der Waals surface area contributed by atoms with Crippen LogP contribution in [-0.4, -0.2) is 56.2 Å². The molecule has 0 aliphatic carbocycles. The van der Waals surface area contributed by atoms with E-state index in [2.05, 4.69) is 11.4 Å². The Bertz CT molecular complexity index is 683. The van der Waals surface area contributed by atoms with Gasteiger partial charge in [-0.2, -0.15) is 0 Å². The molecule has 2 aliphatic heterocycles. The smallest absolute Gasteiger partial charge is 0.260 e. The Balaban J connectivity index is 1.68. The first-order valence-electron chi connectivity index (χ1n) is 10.3. The molecule has 1 aromatic carbocycles. The summed E-state index contributed by atoms with van der Waals surface area (Å²) in [6.07, 6.45) is 5.52. The Morgan fingerprint density at radius 2 is 2.00 bits per heavy atom. The van der Waals surface area contributed by atoms with Crippen LogP contribution in [0.3, 0.4) is 0 Å². The van der Waals surface area contributed by atoms with Gasteiger partial charge < -0.3 is 19.7 Å². The molecule has 0 saturated carbocycles. The highest BCUT2D eigenvalue weighted by molar-refractivity contribution is 5.80. The van der Waals surface area contributed by atoms with Crippen molar-refractivity contribution in [3.05, 3.63) is 29.8 Å². The van der Waals surface area contributed by atoms with Gasteiger partial charge in [-0.25, -0.2) is 0 Å². The van der Waals surface area contributed by atoms with E-state index in [1.807, 2.05) is 23.1 Å². The number of likely N-dealkylation sites (tertiary alicyclic amines) is 1. The molecular weight excluding hydrogens is 356 g/mol. The minimum atomic E-state index is -0.527. The number of methoxy groups -OCH3 is 1. The van der Waals surface area contributed by atoms with Crippen molar-refractivity contribution in [3.8, 4) is 5.75 Å². The topological polar surface area (TPSA) is 67.9 Å². The Morgan fingerprint density at radius 1 is 1.25 bits per heavy atom. The largest absolute Gasteiger partial charge is 0.481 e. The van der Waals surface area contributed by atoms with E-state index in [4.69, 9.17) is 9.47 Å². The van der Waals surface area contributed by atoms with E-state index in [0.29, 0.717) is 6.54 Å². The standard InChI is InChI=1S/C22H32N2O4/c1-17-21(26)23-16-22(11-13-24(14-12-22)20(25)15-27-2)10-6-5-8-18-7-3-4-9-19(18)28-17/h3-4,7,9,17H,5-6,8,10-16H2,1-2H3,(H,23,26)/t17-/m1/s1. The van der Waals surface area contributed by atoms with E-state index in [1.165, 1.54) is 0 Å². The van der Waals surface area contributed by atoms with Gasteiger partial charge >= 0.3 is 0 Å². The molecule has 2 heterocycles. The average Bonchev–Trinajstić information content (AvgIpc) is 2.70. The monoisotopic (exact) mass is 388 g/mol. The lowest BCUT2D eigenvalue weighted by molar-refractivity contribution is -0.138. The molecular formula is C22H32N2O4. The number of carbonyl (C=O) groups is 2. The zero-order valence-corrected chi connectivity index (χ0v) is 17.0. The van der Waals surface area contributed by atoms with Gasteiger partial charge in [0.15, 0.2) is 6.10 Å². The van der Waals surface area contributed by atoms with Crippen LogP contribution >= 0.6 is 0 Å². The molecule has 1 aromatic rings. The second kappa shape index (κ2) is 9.41. The van der Waals surface area contributed by atoms with Crippen LogP contribution in [0.4, 0.5) is 0 Å².